The molecule has 0 fully saturated rings. The van der Waals surface area contributed by atoms with E-state index in [9.17, 15) is 4.79 Å². The highest BCUT2D eigenvalue weighted by Gasteiger charge is 2.19. The molecule has 0 atom stereocenters. The second-order valence-electron chi connectivity index (χ2n) is 8.70. The number of fused-ring (bicyclic) bond motifs is 1. The van der Waals surface area contributed by atoms with E-state index in [-0.39, 0.29) is 12.3 Å². The maximum atomic E-state index is 12.7. The number of hydrogen-bond acceptors (Lipinski definition) is 4. The third-order valence-electron chi connectivity index (χ3n) is 5.90. The molecule has 6 nitrogen and oxygen atoms in total. The van der Waals surface area contributed by atoms with Crippen LogP contribution < -0.4 is 5.32 Å². The van der Waals surface area contributed by atoms with Crippen LogP contribution in [0.15, 0.2) is 83.5 Å². The Kier molecular flexibility index (Phi) is 6.38. The molecule has 7 heteroatoms. The van der Waals surface area contributed by atoms with Crippen molar-refractivity contribution in [2.75, 3.05) is 5.32 Å². The molecule has 0 spiro atoms. The SMILES string of the molecule is CC(C)c1ccc(NC(=O)CCc2oc(-n3cnc4ccccc43)nc2-c2ccc(Cl)cc2)cc1. The van der Waals surface area contributed by atoms with Gasteiger partial charge in [-0.05, 0) is 47.9 Å². The zero-order valence-electron chi connectivity index (χ0n) is 19.5. The molecule has 3 aromatic carbocycles. The van der Waals surface area contributed by atoms with Crippen LogP contribution >= 0.6 is 11.6 Å². The summed E-state index contributed by atoms with van der Waals surface area (Å²) in [6.07, 6.45) is 2.35. The highest BCUT2D eigenvalue weighted by atomic mass is 35.5. The van der Waals surface area contributed by atoms with Crippen LogP contribution in [0, 0.1) is 0 Å². The molecule has 5 aromatic rings. The van der Waals surface area contributed by atoms with Crippen molar-refractivity contribution in [1.29, 1.82) is 0 Å². The topological polar surface area (TPSA) is 73.0 Å². The summed E-state index contributed by atoms with van der Waals surface area (Å²) in [5, 5.41) is 3.61. The predicted octanol–water partition coefficient (Wildman–Crippen LogP) is 7.03. The Balaban J connectivity index is 1.40. The summed E-state index contributed by atoms with van der Waals surface area (Å²) in [5.74, 6) is 0.986. The molecule has 1 amide bonds. The quantitative estimate of drug-likeness (QED) is 0.269. The largest absolute Gasteiger partial charge is 0.427 e. The highest BCUT2D eigenvalue weighted by Crippen LogP contribution is 2.29. The van der Waals surface area contributed by atoms with Gasteiger partial charge in [-0.1, -0.05) is 61.8 Å². The molecule has 0 aliphatic rings. The monoisotopic (exact) mass is 484 g/mol. The third-order valence-corrected chi connectivity index (χ3v) is 6.16. The molecular weight excluding hydrogens is 460 g/mol. The summed E-state index contributed by atoms with van der Waals surface area (Å²) in [4.78, 5) is 21.9. The van der Waals surface area contributed by atoms with Gasteiger partial charge in [0.1, 0.15) is 17.8 Å². The molecule has 0 aliphatic heterocycles. The number of nitrogens with zero attached hydrogens (tertiary/aromatic N) is 3. The maximum Gasteiger partial charge on any atom is 0.308 e. The Morgan fingerprint density at radius 1 is 1.03 bits per heavy atom. The highest BCUT2D eigenvalue weighted by molar-refractivity contribution is 6.30. The lowest BCUT2D eigenvalue weighted by Crippen LogP contribution is -2.12. The maximum absolute atomic E-state index is 12.7. The van der Waals surface area contributed by atoms with Crippen molar-refractivity contribution < 1.29 is 9.21 Å². The number of rotatable bonds is 7. The molecule has 0 unspecified atom stereocenters. The van der Waals surface area contributed by atoms with Crippen LogP contribution in [0.25, 0.3) is 28.3 Å². The molecule has 1 N–H and O–H groups in total. The summed E-state index contributed by atoms with van der Waals surface area (Å²) in [5.41, 5.74) is 5.31. The zero-order valence-corrected chi connectivity index (χ0v) is 20.3. The van der Waals surface area contributed by atoms with Gasteiger partial charge in [-0.3, -0.25) is 9.36 Å². The van der Waals surface area contributed by atoms with Crippen LogP contribution in [-0.4, -0.2) is 20.4 Å². The number of anilines is 1. The lowest BCUT2D eigenvalue weighted by molar-refractivity contribution is -0.116. The van der Waals surface area contributed by atoms with Crippen LogP contribution in [0.2, 0.25) is 5.02 Å². The number of imidazole rings is 1. The number of aromatic nitrogens is 3. The molecule has 0 aliphatic carbocycles. The molecule has 176 valence electrons. The molecule has 2 aromatic heterocycles. The number of para-hydroxylation sites is 2. The van der Waals surface area contributed by atoms with E-state index in [0.29, 0.717) is 34.8 Å². The van der Waals surface area contributed by atoms with E-state index in [1.54, 1.807) is 6.33 Å². The van der Waals surface area contributed by atoms with Gasteiger partial charge < -0.3 is 9.73 Å². The number of carbonyl (C=O) groups excluding carboxylic acids is 1. The predicted molar refractivity (Wildman–Crippen MR) is 139 cm³/mol. The summed E-state index contributed by atoms with van der Waals surface area (Å²) in [6.45, 7) is 4.29. The van der Waals surface area contributed by atoms with Crippen molar-refractivity contribution in [3.8, 4) is 17.3 Å². The van der Waals surface area contributed by atoms with E-state index in [1.165, 1.54) is 5.56 Å². The number of oxazole rings is 1. The summed E-state index contributed by atoms with van der Waals surface area (Å²) in [7, 11) is 0. The van der Waals surface area contributed by atoms with E-state index >= 15 is 0 Å². The van der Waals surface area contributed by atoms with Gasteiger partial charge in [0.15, 0.2) is 0 Å². The number of halogens is 1. The molecule has 5 rings (SSSR count). The van der Waals surface area contributed by atoms with Crippen LogP contribution in [0.5, 0.6) is 0 Å². The van der Waals surface area contributed by atoms with Gasteiger partial charge in [-0.2, -0.15) is 4.98 Å². The van der Waals surface area contributed by atoms with Gasteiger partial charge in [-0.15, -0.1) is 0 Å². The Hall–Kier alpha value is -3.90. The molecule has 0 radical (unpaired) electrons. The number of nitrogens with one attached hydrogen (secondary N) is 1. The van der Waals surface area contributed by atoms with Crippen molar-refractivity contribution in [2.24, 2.45) is 0 Å². The number of hydrogen-bond donors (Lipinski definition) is 1. The fraction of sp³-hybridized carbons (Fsp3) is 0.179. The third kappa shape index (κ3) is 4.98. The standard InChI is InChI=1S/C28H25ClN4O2/c1-18(2)19-9-13-22(14-10-19)31-26(34)16-15-25-27(20-7-11-21(29)12-8-20)32-28(35-25)33-17-30-23-5-3-4-6-24(23)33/h3-14,17-18H,15-16H2,1-2H3,(H,31,34). The number of benzene rings is 3. The van der Waals surface area contributed by atoms with E-state index in [1.807, 2.05) is 77.4 Å². The first-order valence-electron chi connectivity index (χ1n) is 11.6. The van der Waals surface area contributed by atoms with Crippen molar-refractivity contribution >= 4 is 34.2 Å². The number of amides is 1. The molecular formula is C28H25ClN4O2. The fourth-order valence-electron chi connectivity index (χ4n) is 3.96. The van der Waals surface area contributed by atoms with Crippen molar-refractivity contribution in [2.45, 2.75) is 32.6 Å². The van der Waals surface area contributed by atoms with Crippen LogP contribution in [0.1, 0.15) is 37.5 Å². The van der Waals surface area contributed by atoms with E-state index in [4.69, 9.17) is 21.0 Å². The van der Waals surface area contributed by atoms with Gasteiger partial charge >= 0.3 is 6.01 Å². The first kappa shape index (κ1) is 22.9. The second kappa shape index (κ2) is 9.76. The first-order valence-corrected chi connectivity index (χ1v) is 11.9. The van der Waals surface area contributed by atoms with Crippen molar-refractivity contribution in [1.82, 2.24) is 14.5 Å². The summed E-state index contributed by atoms with van der Waals surface area (Å²) in [6, 6.07) is 23.6. The van der Waals surface area contributed by atoms with Crippen LogP contribution in [-0.2, 0) is 11.2 Å². The van der Waals surface area contributed by atoms with Gasteiger partial charge in [-0.25, -0.2) is 4.98 Å². The molecule has 0 bridgehead atoms. The molecule has 2 heterocycles. The lowest BCUT2D eigenvalue weighted by atomic mass is 10.0. The lowest BCUT2D eigenvalue weighted by Gasteiger charge is -2.08. The Morgan fingerprint density at radius 3 is 2.51 bits per heavy atom. The summed E-state index contributed by atoms with van der Waals surface area (Å²) >= 11 is 6.09. The number of carbonyl (C=O) groups is 1. The smallest absolute Gasteiger partial charge is 0.308 e. The number of aryl methyl sites for hydroxylation is 1. The van der Waals surface area contributed by atoms with Gasteiger partial charge in [0.2, 0.25) is 5.91 Å². The summed E-state index contributed by atoms with van der Waals surface area (Å²) < 4.78 is 8.01. The van der Waals surface area contributed by atoms with Crippen LogP contribution in [0.4, 0.5) is 5.69 Å². The van der Waals surface area contributed by atoms with Crippen molar-refractivity contribution in [3.05, 3.63) is 95.5 Å². The zero-order chi connectivity index (χ0) is 24.4. The minimum absolute atomic E-state index is 0.0876. The van der Waals surface area contributed by atoms with E-state index < -0.39 is 0 Å². The Bertz CT molecular complexity index is 1470. The molecule has 0 saturated heterocycles. The van der Waals surface area contributed by atoms with Gasteiger partial charge in [0, 0.05) is 29.1 Å². The normalized spacial score (nSPS) is 11.3. The minimum atomic E-state index is -0.0876. The second-order valence-corrected chi connectivity index (χ2v) is 9.14. The molecule has 35 heavy (non-hydrogen) atoms. The van der Waals surface area contributed by atoms with Crippen molar-refractivity contribution in [3.63, 3.8) is 0 Å². The first-order chi connectivity index (χ1) is 17.0. The average molecular weight is 485 g/mol. The average Bonchev–Trinajstić information content (AvgIpc) is 3.48. The minimum Gasteiger partial charge on any atom is -0.427 e. The van der Waals surface area contributed by atoms with E-state index in [0.717, 1.165) is 22.3 Å². The molecule has 0 saturated carbocycles. The van der Waals surface area contributed by atoms with Crippen LogP contribution in [0.3, 0.4) is 0 Å². The van der Waals surface area contributed by atoms with Gasteiger partial charge in [0.05, 0.1) is 11.0 Å². The van der Waals surface area contributed by atoms with E-state index in [2.05, 4.69) is 24.1 Å². The fourth-order valence-corrected chi connectivity index (χ4v) is 4.08. The van der Waals surface area contributed by atoms with Gasteiger partial charge in [0.25, 0.3) is 0 Å². The Morgan fingerprint density at radius 2 is 1.77 bits per heavy atom. The Labute approximate surface area is 208 Å².